The predicted octanol–water partition coefficient (Wildman–Crippen LogP) is 2.96. The van der Waals surface area contributed by atoms with E-state index in [0.717, 1.165) is 48.6 Å². The quantitative estimate of drug-likeness (QED) is 0.753. The van der Waals surface area contributed by atoms with E-state index < -0.39 is 0 Å². The van der Waals surface area contributed by atoms with Gasteiger partial charge in [0.2, 0.25) is 0 Å². The standard InChI is InChI=1S/C12H20BrN3/c1-4-7-16(8-6-13)12-9-11(5-2)14-10(3)15-12/h9H,4-8H2,1-3H3. The summed E-state index contributed by atoms with van der Waals surface area (Å²) in [6, 6.07) is 2.10. The third-order valence-corrected chi connectivity index (χ3v) is 2.77. The Kier molecular flexibility index (Phi) is 5.74. The molecule has 0 amide bonds. The zero-order valence-electron chi connectivity index (χ0n) is 10.3. The predicted molar refractivity (Wildman–Crippen MR) is 72.4 cm³/mol. The van der Waals surface area contributed by atoms with Gasteiger partial charge in [-0.2, -0.15) is 0 Å². The minimum Gasteiger partial charge on any atom is -0.356 e. The number of hydrogen-bond acceptors (Lipinski definition) is 3. The smallest absolute Gasteiger partial charge is 0.132 e. The van der Waals surface area contributed by atoms with Gasteiger partial charge in [-0.25, -0.2) is 9.97 Å². The van der Waals surface area contributed by atoms with Crippen LogP contribution in [0.5, 0.6) is 0 Å². The fourth-order valence-electron chi connectivity index (χ4n) is 1.67. The summed E-state index contributed by atoms with van der Waals surface area (Å²) in [5, 5.41) is 0.970. The van der Waals surface area contributed by atoms with Crippen LogP contribution in [0, 0.1) is 6.92 Å². The van der Waals surface area contributed by atoms with Crippen molar-refractivity contribution in [3.05, 3.63) is 17.6 Å². The van der Waals surface area contributed by atoms with Gasteiger partial charge in [-0.3, -0.25) is 0 Å². The largest absolute Gasteiger partial charge is 0.356 e. The fourth-order valence-corrected chi connectivity index (χ4v) is 2.10. The van der Waals surface area contributed by atoms with Crippen LogP contribution in [-0.4, -0.2) is 28.4 Å². The van der Waals surface area contributed by atoms with Crippen molar-refractivity contribution in [3.8, 4) is 0 Å². The summed E-state index contributed by atoms with van der Waals surface area (Å²) < 4.78 is 0. The number of alkyl halides is 1. The molecular formula is C12H20BrN3. The Labute approximate surface area is 106 Å². The van der Waals surface area contributed by atoms with Gasteiger partial charge >= 0.3 is 0 Å². The molecule has 1 heterocycles. The topological polar surface area (TPSA) is 29.0 Å². The van der Waals surface area contributed by atoms with Gasteiger partial charge in [0.15, 0.2) is 0 Å². The molecule has 16 heavy (non-hydrogen) atoms. The Balaban J connectivity index is 2.93. The van der Waals surface area contributed by atoms with E-state index in [0.29, 0.717) is 0 Å². The normalized spacial score (nSPS) is 10.5. The van der Waals surface area contributed by atoms with Gasteiger partial charge < -0.3 is 4.90 Å². The molecule has 0 spiro atoms. The minimum absolute atomic E-state index is 0.866. The number of aryl methyl sites for hydroxylation is 2. The lowest BCUT2D eigenvalue weighted by Crippen LogP contribution is -2.27. The molecular weight excluding hydrogens is 266 g/mol. The molecule has 0 aliphatic rings. The molecule has 3 nitrogen and oxygen atoms in total. The molecule has 0 saturated heterocycles. The van der Waals surface area contributed by atoms with E-state index in [2.05, 4.69) is 50.7 Å². The second kappa shape index (κ2) is 6.84. The highest BCUT2D eigenvalue weighted by atomic mass is 79.9. The van der Waals surface area contributed by atoms with Crippen LogP contribution < -0.4 is 4.90 Å². The molecule has 1 aromatic heterocycles. The first-order chi connectivity index (χ1) is 7.71. The van der Waals surface area contributed by atoms with E-state index in [1.54, 1.807) is 0 Å². The number of rotatable bonds is 6. The number of aromatic nitrogens is 2. The third-order valence-electron chi connectivity index (χ3n) is 2.41. The summed E-state index contributed by atoms with van der Waals surface area (Å²) >= 11 is 3.49. The Morgan fingerprint density at radius 1 is 1.25 bits per heavy atom. The Bertz CT molecular complexity index is 322. The summed E-state index contributed by atoms with van der Waals surface area (Å²) in [5.74, 6) is 1.93. The third kappa shape index (κ3) is 3.74. The highest BCUT2D eigenvalue weighted by Gasteiger charge is 2.08. The zero-order chi connectivity index (χ0) is 12.0. The second-order valence-corrected chi connectivity index (χ2v) is 4.59. The van der Waals surface area contributed by atoms with Crippen molar-refractivity contribution in [3.63, 3.8) is 0 Å². The summed E-state index contributed by atoms with van der Waals surface area (Å²) in [5.41, 5.74) is 1.12. The Morgan fingerprint density at radius 2 is 2.00 bits per heavy atom. The molecule has 0 saturated carbocycles. The van der Waals surface area contributed by atoms with E-state index in [1.807, 2.05) is 6.92 Å². The number of halogens is 1. The molecule has 0 aromatic carbocycles. The van der Waals surface area contributed by atoms with Gasteiger partial charge in [0.05, 0.1) is 0 Å². The molecule has 1 aromatic rings. The molecule has 0 bridgehead atoms. The van der Waals surface area contributed by atoms with Crippen molar-refractivity contribution in [2.45, 2.75) is 33.6 Å². The summed E-state index contributed by atoms with van der Waals surface area (Å²) in [4.78, 5) is 11.2. The Hall–Kier alpha value is -0.640. The molecule has 0 aliphatic carbocycles. The van der Waals surface area contributed by atoms with Crippen LogP contribution in [0.25, 0.3) is 0 Å². The van der Waals surface area contributed by atoms with E-state index >= 15 is 0 Å². The van der Waals surface area contributed by atoms with Crippen LogP contribution >= 0.6 is 15.9 Å². The first kappa shape index (κ1) is 13.4. The van der Waals surface area contributed by atoms with Crippen molar-refractivity contribution in [1.29, 1.82) is 0 Å². The first-order valence-corrected chi connectivity index (χ1v) is 6.98. The van der Waals surface area contributed by atoms with Crippen LogP contribution in [0.4, 0.5) is 5.82 Å². The van der Waals surface area contributed by atoms with Gasteiger partial charge in [-0.05, 0) is 19.8 Å². The number of nitrogens with zero attached hydrogens (tertiary/aromatic N) is 3. The van der Waals surface area contributed by atoms with Crippen LogP contribution in [-0.2, 0) is 6.42 Å². The molecule has 0 N–H and O–H groups in total. The zero-order valence-corrected chi connectivity index (χ0v) is 11.9. The first-order valence-electron chi connectivity index (χ1n) is 5.86. The highest BCUT2D eigenvalue weighted by molar-refractivity contribution is 9.09. The van der Waals surface area contributed by atoms with Crippen LogP contribution in [0.2, 0.25) is 0 Å². The molecule has 0 atom stereocenters. The lowest BCUT2D eigenvalue weighted by Gasteiger charge is -2.22. The van der Waals surface area contributed by atoms with E-state index in [9.17, 15) is 0 Å². The van der Waals surface area contributed by atoms with E-state index in [-0.39, 0.29) is 0 Å². The average Bonchev–Trinajstić information content (AvgIpc) is 2.28. The molecule has 4 heteroatoms. The van der Waals surface area contributed by atoms with Crippen LogP contribution in [0.1, 0.15) is 31.8 Å². The molecule has 0 unspecified atom stereocenters. The van der Waals surface area contributed by atoms with Crippen molar-refractivity contribution < 1.29 is 0 Å². The van der Waals surface area contributed by atoms with E-state index in [1.165, 1.54) is 0 Å². The van der Waals surface area contributed by atoms with Gasteiger partial charge in [0.1, 0.15) is 11.6 Å². The summed E-state index contributed by atoms with van der Waals surface area (Å²) in [6.45, 7) is 8.32. The maximum atomic E-state index is 4.51. The second-order valence-electron chi connectivity index (χ2n) is 3.79. The molecule has 0 aliphatic heterocycles. The van der Waals surface area contributed by atoms with Crippen molar-refractivity contribution in [1.82, 2.24) is 9.97 Å². The summed E-state index contributed by atoms with van der Waals surface area (Å²) in [6.07, 6.45) is 2.10. The van der Waals surface area contributed by atoms with Crippen LogP contribution in [0.3, 0.4) is 0 Å². The van der Waals surface area contributed by atoms with E-state index in [4.69, 9.17) is 0 Å². The molecule has 90 valence electrons. The van der Waals surface area contributed by atoms with Gasteiger partial charge in [-0.15, -0.1) is 0 Å². The van der Waals surface area contributed by atoms with Gasteiger partial charge in [0.25, 0.3) is 0 Å². The maximum absolute atomic E-state index is 4.51. The lowest BCUT2D eigenvalue weighted by atomic mass is 10.3. The maximum Gasteiger partial charge on any atom is 0.132 e. The number of anilines is 1. The van der Waals surface area contributed by atoms with Crippen LogP contribution in [0.15, 0.2) is 6.07 Å². The molecule has 0 fully saturated rings. The highest BCUT2D eigenvalue weighted by Crippen LogP contribution is 2.14. The molecule has 1 rings (SSSR count). The SMILES string of the molecule is CCCN(CCBr)c1cc(CC)nc(C)n1. The lowest BCUT2D eigenvalue weighted by molar-refractivity contribution is 0.773. The van der Waals surface area contributed by atoms with Crippen molar-refractivity contribution >= 4 is 21.7 Å². The fraction of sp³-hybridized carbons (Fsp3) is 0.667. The average molecular weight is 286 g/mol. The van der Waals surface area contributed by atoms with Crippen molar-refractivity contribution in [2.24, 2.45) is 0 Å². The van der Waals surface area contributed by atoms with Gasteiger partial charge in [0, 0.05) is 30.2 Å². The van der Waals surface area contributed by atoms with Crippen molar-refractivity contribution in [2.75, 3.05) is 23.3 Å². The van der Waals surface area contributed by atoms with Gasteiger partial charge in [-0.1, -0.05) is 29.8 Å². The monoisotopic (exact) mass is 285 g/mol. The minimum atomic E-state index is 0.866. The summed E-state index contributed by atoms with van der Waals surface area (Å²) in [7, 11) is 0. The Morgan fingerprint density at radius 3 is 2.56 bits per heavy atom. The number of hydrogen-bond donors (Lipinski definition) is 0. The molecule has 0 radical (unpaired) electrons.